The molecule has 0 radical (unpaired) electrons. The van der Waals surface area contributed by atoms with E-state index < -0.39 is 71.9 Å². The van der Waals surface area contributed by atoms with Gasteiger partial charge in [-0.3, -0.25) is 23.6 Å². The SMILES string of the molecule is O=C(O)C(N1C(=O)CCC1=O)C(C(=O)O)(S(=O)(=O)O)S(=O)(=O)O.OCCO. The average molecular weight is 437 g/mol. The number of imide groups is 1. The van der Waals surface area contributed by atoms with Crippen molar-refractivity contribution in [3.05, 3.63) is 0 Å². The van der Waals surface area contributed by atoms with Crippen LogP contribution in [0.3, 0.4) is 0 Å². The zero-order chi connectivity index (χ0) is 21.8. The van der Waals surface area contributed by atoms with Gasteiger partial charge in [-0.2, -0.15) is 16.8 Å². The van der Waals surface area contributed by atoms with Gasteiger partial charge in [0.25, 0.3) is 0 Å². The summed E-state index contributed by atoms with van der Waals surface area (Å²) in [7, 11) is -12.8. The number of carboxylic acids is 2. The number of aliphatic carboxylic acids is 2. The zero-order valence-electron chi connectivity index (χ0n) is 13.1. The molecule has 17 heteroatoms. The van der Waals surface area contributed by atoms with Crippen LogP contribution in [0.5, 0.6) is 0 Å². The number of nitrogens with zero attached hydrogens (tertiary/aromatic N) is 1. The van der Waals surface area contributed by atoms with Crippen molar-refractivity contribution in [2.24, 2.45) is 0 Å². The summed E-state index contributed by atoms with van der Waals surface area (Å²) in [6.07, 6.45) is -1.29. The first kappa shape index (κ1) is 24.8. The van der Waals surface area contributed by atoms with Gasteiger partial charge in [0.15, 0.2) is 6.04 Å². The van der Waals surface area contributed by atoms with Gasteiger partial charge in [-0.05, 0) is 0 Å². The number of hydrogen-bond donors (Lipinski definition) is 6. The minimum absolute atomic E-state index is 0.125. The van der Waals surface area contributed by atoms with Gasteiger partial charge in [-0.25, -0.2) is 9.59 Å². The molecule has 0 aliphatic carbocycles. The fourth-order valence-corrected chi connectivity index (χ4v) is 4.56. The fourth-order valence-electron chi connectivity index (χ4n) is 2.08. The molecule has 15 nitrogen and oxygen atoms in total. The predicted molar refractivity (Wildman–Crippen MR) is 80.1 cm³/mol. The Labute approximate surface area is 151 Å². The second-order valence-electron chi connectivity index (χ2n) is 4.77. The number of carbonyl (C=O) groups excluding carboxylic acids is 2. The molecule has 0 spiro atoms. The van der Waals surface area contributed by atoms with E-state index in [-0.39, 0.29) is 13.2 Å². The van der Waals surface area contributed by atoms with Crippen LogP contribution in [0, 0.1) is 0 Å². The Morgan fingerprint density at radius 1 is 0.926 bits per heavy atom. The number of aliphatic hydroxyl groups excluding tert-OH is 2. The first-order chi connectivity index (χ1) is 12.1. The van der Waals surface area contributed by atoms with Crippen molar-refractivity contribution in [2.45, 2.75) is 23.0 Å². The van der Waals surface area contributed by atoms with E-state index in [4.69, 9.17) is 29.5 Å². The Morgan fingerprint density at radius 2 is 1.26 bits per heavy atom. The third-order valence-electron chi connectivity index (χ3n) is 3.11. The maximum absolute atomic E-state index is 11.5. The summed E-state index contributed by atoms with van der Waals surface area (Å²) in [5.41, 5.74) is 0. The van der Waals surface area contributed by atoms with Crippen LogP contribution in [-0.2, 0) is 39.4 Å². The van der Waals surface area contributed by atoms with E-state index in [0.29, 0.717) is 0 Å². The van der Waals surface area contributed by atoms with Gasteiger partial charge in [-0.15, -0.1) is 0 Å². The van der Waals surface area contributed by atoms with Gasteiger partial charge in [0.1, 0.15) is 0 Å². The van der Waals surface area contributed by atoms with Crippen molar-refractivity contribution in [2.75, 3.05) is 13.2 Å². The van der Waals surface area contributed by atoms with E-state index in [9.17, 15) is 36.0 Å². The molecule has 1 rings (SSSR count). The summed E-state index contributed by atoms with van der Waals surface area (Å²) in [5, 5.41) is 33.2. The Kier molecular flexibility index (Phi) is 7.97. The van der Waals surface area contributed by atoms with Crippen LogP contribution in [0.25, 0.3) is 0 Å². The molecular formula is C10H15NO14S2. The second-order valence-corrected chi connectivity index (χ2v) is 8.21. The lowest BCUT2D eigenvalue weighted by Crippen LogP contribution is -2.69. The highest BCUT2D eigenvalue weighted by Gasteiger charge is 2.73. The lowest BCUT2D eigenvalue weighted by Gasteiger charge is -2.33. The Balaban J connectivity index is 0.00000153. The molecule has 1 heterocycles. The second kappa shape index (κ2) is 8.67. The Hall–Kier alpha value is -2.18. The Bertz CT molecular complexity index is 778. The summed E-state index contributed by atoms with van der Waals surface area (Å²) < 4.78 is 58.8. The van der Waals surface area contributed by atoms with E-state index in [1.807, 2.05) is 0 Å². The fraction of sp³-hybridized carbons (Fsp3) is 0.600. The predicted octanol–water partition coefficient (Wildman–Crippen LogP) is -3.88. The molecule has 0 saturated carbocycles. The number of amides is 2. The molecule has 156 valence electrons. The summed E-state index contributed by atoms with van der Waals surface area (Å²) in [5.74, 6) is -8.35. The molecule has 0 aromatic rings. The first-order valence-corrected chi connectivity index (χ1v) is 9.46. The average Bonchev–Trinajstić information content (AvgIpc) is 2.80. The highest BCUT2D eigenvalue weighted by molar-refractivity contribution is 8.06. The summed E-state index contributed by atoms with van der Waals surface area (Å²) in [6.45, 7) is -0.250. The molecule has 0 bridgehead atoms. The summed E-state index contributed by atoms with van der Waals surface area (Å²) in [6, 6.07) is -3.44. The van der Waals surface area contributed by atoms with Gasteiger partial charge in [0.2, 0.25) is 11.8 Å². The van der Waals surface area contributed by atoms with E-state index in [1.54, 1.807) is 0 Å². The van der Waals surface area contributed by atoms with Gasteiger partial charge >= 0.3 is 36.3 Å². The highest BCUT2D eigenvalue weighted by Crippen LogP contribution is 2.34. The van der Waals surface area contributed by atoms with Gasteiger partial charge in [0, 0.05) is 12.8 Å². The van der Waals surface area contributed by atoms with E-state index in [2.05, 4.69) is 0 Å². The maximum Gasteiger partial charge on any atom is 0.349 e. The first-order valence-electron chi connectivity index (χ1n) is 6.58. The largest absolute Gasteiger partial charge is 0.480 e. The quantitative estimate of drug-likeness (QED) is 0.164. The van der Waals surface area contributed by atoms with Crippen molar-refractivity contribution in [3.63, 3.8) is 0 Å². The number of aliphatic hydroxyl groups is 2. The number of hydrogen-bond acceptors (Lipinski definition) is 10. The standard InChI is InChI=1S/C8H9NO12S2.C2H6O2/c10-3-1-2-4(11)9(3)5(6(12)13)8(7(14)15,22(16,17)18)23(19,20)21;3-1-2-4/h5H,1-2H2,(H,12,13)(H,14,15)(H,16,17,18)(H,19,20,21);3-4H,1-2H2. The third kappa shape index (κ3) is 4.57. The molecular weight excluding hydrogens is 422 g/mol. The molecule has 1 fully saturated rings. The van der Waals surface area contributed by atoms with Crippen LogP contribution < -0.4 is 0 Å². The zero-order valence-corrected chi connectivity index (χ0v) is 14.8. The van der Waals surface area contributed by atoms with Crippen LogP contribution in [0.2, 0.25) is 0 Å². The van der Waals surface area contributed by atoms with E-state index in [1.165, 1.54) is 0 Å². The normalized spacial score (nSPS) is 16.5. The van der Waals surface area contributed by atoms with Gasteiger partial charge in [0.05, 0.1) is 13.2 Å². The van der Waals surface area contributed by atoms with Crippen molar-refractivity contribution in [1.29, 1.82) is 0 Å². The molecule has 2 amide bonds. The number of carbonyl (C=O) groups is 4. The van der Waals surface area contributed by atoms with Crippen molar-refractivity contribution < 1.29 is 65.5 Å². The highest BCUT2D eigenvalue weighted by atomic mass is 32.3. The number of rotatable bonds is 7. The van der Waals surface area contributed by atoms with Crippen LogP contribution >= 0.6 is 0 Å². The minimum atomic E-state index is -6.38. The van der Waals surface area contributed by atoms with Gasteiger partial charge < -0.3 is 20.4 Å². The molecule has 1 aliphatic heterocycles. The third-order valence-corrected chi connectivity index (χ3v) is 6.70. The molecule has 1 unspecified atom stereocenters. The van der Waals surface area contributed by atoms with Crippen molar-refractivity contribution in [3.8, 4) is 0 Å². The molecule has 27 heavy (non-hydrogen) atoms. The van der Waals surface area contributed by atoms with Crippen molar-refractivity contribution >= 4 is 44.0 Å². The van der Waals surface area contributed by atoms with Crippen LogP contribution in [0.4, 0.5) is 0 Å². The topological polar surface area (TPSA) is 261 Å². The summed E-state index contributed by atoms with van der Waals surface area (Å²) in [4.78, 5) is 45.2. The number of carboxylic acid groups (broad SMARTS) is 2. The smallest absolute Gasteiger partial charge is 0.349 e. The lowest BCUT2D eigenvalue weighted by atomic mass is 10.1. The lowest BCUT2D eigenvalue weighted by molar-refractivity contribution is -0.158. The molecule has 1 saturated heterocycles. The van der Waals surface area contributed by atoms with Crippen molar-refractivity contribution in [1.82, 2.24) is 4.90 Å². The molecule has 1 atom stereocenters. The van der Waals surface area contributed by atoms with Gasteiger partial charge in [-0.1, -0.05) is 0 Å². The van der Waals surface area contributed by atoms with E-state index >= 15 is 0 Å². The van der Waals surface area contributed by atoms with Crippen LogP contribution in [0.15, 0.2) is 0 Å². The minimum Gasteiger partial charge on any atom is -0.480 e. The monoisotopic (exact) mass is 437 g/mol. The van der Waals surface area contributed by atoms with E-state index in [0.717, 1.165) is 0 Å². The summed E-state index contributed by atoms with van der Waals surface area (Å²) >= 11 is 0. The molecule has 0 aromatic carbocycles. The molecule has 1 aliphatic rings. The van der Waals surface area contributed by atoms with Crippen LogP contribution in [-0.4, -0.2) is 98.4 Å². The molecule has 0 aromatic heterocycles. The Morgan fingerprint density at radius 3 is 1.44 bits per heavy atom. The number of likely N-dealkylation sites (tertiary alicyclic amines) is 1. The molecule has 6 N–H and O–H groups in total. The maximum atomic E-state index is 11.5. The van der Waals surface area contributed by atoms with Crippen LogP contribution in [0.1, 0.15) is 12.8 Å².